The van der Waals surface area contributed by atoms with Gasteiger partial charge in [0.05, 0.1) is 12.2 Å². The van der Waals surface area contributed by atoms with E-state index in [9.17, 15) is 9.59 Å². The minimum absolute atomic E-state index is 0.113. The molecule has 0 radical (unpaired) electrons. The molecule has 0 saturated heterocycles. The van der Waals surface area contributed by atoms with Gasteiger partial charge in [-0.2, -0.15) is 5.21 Å². The Hall–Kier alpha value is -3.81. The number of aromatic amines is 1. The highest BCUT2D eigenvalue weighted by Crippen LogP contribution is 2.29. The third-order valence-corrected chi connectivity index (χ3v) is 6.02. The molecular weight excluding hydrogens is 428 g/mol. The summed E-state index contributed by atoms with van der Waals surface area (Å²) in [4.78, 5) is 25.2. The van der Waals surface area contributed by atoms with E-state index in [1.54, 1.807) is 9.13 Å². The molecule has 0 aliphatic rings. The summed E-state index contributed by atoms with van der Waals surface area (Å²) in [5.41, 5.74) is 5.13. The normalized spacial score (nSPS) is 11.3. The number of imidazole rings is 1. The smallest absolute Gasteiger partial charge is 0.296 e. The van der Waals surface area contributed by atoms with Gasteiger partial charge in [-0.1, -0.05) is 75.7 Å². The molecule has 8 nitrogen and oxygen atoms in total. The van der Waals surface area contributed by atoms with Crippen LogP contribution >= 0.6 is 0 Å². The van der Waals surface area contributed by atoms with Crippen LogP contribution in [0.25, 0.3) is 22.5 Å². The maximum absolute atomic E-state index is 13.3. The average Bonchev–Trinajstić information content (AvgIpc) is 3.46. The van der Waals surface area contributed by atoms with Crippen molar-refractivity contribution in [1.29, 1.82) is 0 Å². The molecule has 0 bridgehead atoms. The zero-order chi connectivity index (χ0) is 24.1. The van der Waals surface area contributed by atoms with Gasteiger partial charge in [0, 0.05) is 12.1 Å². The Balaban J connectivity index is 1.66. The summed E-state index contributed by atoms with van der Waals surface area (Å²) >= 11 is 0. The molecule has 1 N–H and O–H groups in total. The molecule has 0 fully saturated rings. The molecule has 0 spiro atoms. The van der Waals surface area contributed by atoms with Crippen LogP contribution < -0.4 is 5.69 Å². The van der Waals surface area contributed by atoms with Gasteiger partial charge >= 0.3 is 5.69 Å². The van der Waals surface area contributed by atoms with Gasteiger partial charge in [0.15, 0.2) is 6.29 Å². The lowest BCUT2D eigenvalue weighted by Crippen LogP contribution is -2.26. The fourth-order valence-electron chi connectivity index (χ4n) is 4.23. The van der Waals surface area contributed by atoms with Crippen LogP contribution in [0.5, 0.6) is 0 Å². The summed E-state index contributed by atoms with van der Waals surface area (Å²) in [6.07, 6.45) is 3.24. The summed E-state index contributed by atoms with van der Waals surface area (Å²) in [5, 5.41) is 14.4. The van der Waals surface area contributed by atoms with E-state index in [0.717, 1.165) is 47.1 Å². The van der Waals surface area contributed by atoms with Crippen LogP contribution in [-0.2, 0) is 19.5 Å². The zero-order valence-electron chi connectivity index (χ0n) is 19.9. The van der Waals surface area contributed by atoms with Crippen molar-refractivity contribution in [1.82, 2.24) is 29.8 Å². The van der Waals surface area contributed by atoms with E-state index < -0.39 is 0 Å². The first-order chi connectivity index (χ1) is 16.5. The minimum Gasteiger partial charge on any atom is -0.296 e. The second-order valence-electron chi connectivity index (χ2n) is 8.88. The van der Waals surface area contributed by atoms with Gasteiger partial charge in [0.25, 0.3) is 0 Å². The van der Waals surface area contributed by atoms with E-state index in [4.69, 9.17) is 0 Å². The van der Waals surface area contributed by atoms with Gasteiger partial charge < -0.3 is 0 Å². The Morgan fingerprint density at radius 2 is 1.76 bits per heavy atom. The Morgan fingerprint density at radius 1 is 1.03 bits per heavy atom. The van der Waals surface area contributed by atoms with E-state index in [-0.39, 0.29) is 5.69 Å². The van der Waals surface area contributed by atoms with Gasteiger partial charge in [-0.05, 0) is 40.7 Å². The molecule has 0 aliphatic carbocycles. The van der Waals surface area contributed by atoms with Crippen LogP contribution in [0, 0.1) is 5.92 Å². The van der Waals surface area contributed by atoms with Crippen LogP contribution in [0.15, 0.2) is 53.3 Å². The largest absolute Gasteiger partial charge is 0.329 e. The number of nitrogens with one attached hydrogen (secondary N) is 1. The Bertz CT molecular complexity index is 1300. The number of carbonyl (C=O) groups excluding carboxylic acids is 1. The van der Waals surface area contributed by atoms with Crippen molar-refractivity contribution < 1.29 is 4.79 Å². The van der Waals surface area contributed by atoms with Crippen LogP contribution in [-0.4, -0.2) is 36.0 Å². The quantitative estimate of drug-likeness (QED) is 0.356. The third kappa shape index (κ3) is 4.76. The summed E-state index contributed by atoms with van der Waals surface area (Å²) in [5.74, 6) is 0.992. The highest BCUT2D eigenvalue weighted by Gasteiger charge is 2.19. The SMILES string of the molecule is CCCc1c(C=O)n(CCC(C)C)c(=O)n1Cc1ccc(-c2ccccc2-c2nn[nH]n2)cc1. The molecule has 4 aromatic rings. The van der Waals surface area contributed by atoms with E-state index in [1.165, 1.54) is 0 Å². The summed E-state index contributed by atoms with van der Waals surface area (Å²) < 4.78 is 3.41. The fourth-order valence-corrected chi connectivity index (χ4v) is 4.23. The minimum atomic E-state index is -0.113. The van der Waals surface area contributed by atoms with Crippen molar-refractivity contribution in [3.63, 3.8) is 0 Å². The summed E-state index contributed by atoms with van der Waals surface area (Å²) in [6.45, 7) is 7.28. The monoisotopic (exact) mass is 458 g/mol. The lowest BCUT2D eigenvalue weighted by atomic mass is 9.98. The maximum Gasteiger partial charge on any atom is 0.329 e. The lowest BCUT2D eigenvalue weighted by molar-refractivity contribution is 0.111. The van der Waals surface area contributed by atoms with Crippen molar-refractivity contribution >= 4 is 6.29 Å². The van der Waals surface area contributed by atoms with E-state index >= 15 is 0 Å². The number of nitrogens with zero attached hydrogens (tertiary/aromatic N) is 5. The predicted octanol–water partition coefficient (Wildman–Crippen LogP) is 4.36. The molecule has 2 heterocycles. The highest BCUT2D eigenvalue weighted by molar-refractivity contribution is 5.80. The van der Waals surface area contributed by atoms with Crippen LogP contribution in [0.3, 0.4) is 0 Å². The van der Waals surface area contributed by atoms with Crippen molar-refractivity contribution in [3.05, 3.63) is 76.0 Å². The summed E-state index contributed by atoms with van der Waals surface area (Å²) in [6, 6.07) is 16.0. The molecule has 0 unspecified atom stereocenters. The molecule has 176 valence electrons. The Labute approximate surface area is 198 Å². The standard InChI is InChI=1S/C26H30N6O2/c1-4-7-23-24(17-33)31(15-14-18(2)3)26(34)32(23)16-19-10-12-20(13-11-19)21-8-5-6-9-22(21)25-27-29-30-28-25/h5-6,8-13,17-18H,4,7,14-16H2,1-3H3,(H,27,28,29,30). The molecule has 4 rings (SSSR count). The lowest BCUT2D eigenvalue weighted by Gasteiger charge is -2.10. The number of aldehydes is 1. The maximum atomic E-state index is 13.3. The molecule has 0 saturated carbocycles. The fraction of sp³-hybridized carbons (Fsp3) is 0.346. The molecule has 8 heteroatoms. The number of rotatable bonds is 10. The first kappa shape index (κ1) is 23.4. The number of H-pyrrole nitrogens is 1. The molecule has 2 aromatic carbocycles. The number of carbonyl (C=O) groups is 1. The van der Waals surface area contributed by atoms with E-state index in [2.05, 4.69) is 41.4 Å². The van der Waals surface area contributed by atoms with E-state index in [1.807, 2.05) is 48.5 Å². The molecule has 34 heavy (non-hydrogen) atoms. The van der Waals surface area contributed by atoms with Crippen molar-refractivity contribution in [2.24, 2.45) is 5.92 Å². The van der Waals surface area contributed by atoms with Gasteiger partial charge in [-0.25, -0.2) is 4.79 Å². The van der Waals surface area contributed by atoms with Crippen molar-refractivity contribution in [3.8, 4) is 22.5 Å². The molecular formula is C26H30N6O2. The van der Waals surface area contributed by atoms with E-state index in [0.29, 0.717) is 36.9 Å². The molecule has 0 amide bonds. The van der Waals surface area contributed by atoms with Crippen molar-refractivity contribution in [2.75, 3.05) is 0 Å². The first-order valence-electron chi connectivity index (χ1n) is 11.7. The molecule has 0 atom stereocenters. The second-order valence-corrected chi connectivity index (χ2v) is 8.88. The molecule has 2 aromatic heterocycles. The number of hydrogen-bond donors (Lipinski definition) is 1. The van der Waals surface area contributed by atoms with Gasteiger partial charge in [0.1, 0.15) is 5.69 Å². The number of tetrazole rings is 1. The van der Waals surface area contributed by atoms with Crippen LogP contribution in [0.4, 0.5) is 0 Å². The molecule has 0 aliphatic heterocycles. The van der Waals surface area contributed by atoms with Gasteiger partial charge in [-0.3, -0.25) is 13.9 Å². The topological polar surface area (TPSA) is 98.5 Å². The number of hydrogen-bond acceptors (Lipinski definition) is 5. The summed E-state index contributed by atoms with van der Waals surface area (Å²) in [7, 11) is 0. The predicted molar refractivity (Wildman–Crippen MR) is 132 cm³/mol. The average molecular weight is 459 g/mol. The second kappa shape index (κ2) is 10.4. The van der Waals surface area contributed by atoms with Crippen molar-refractivity contribution in [2.45, 2.75) is 53.1 Å². The third-order valence-electron chi connectivity index (χ3n) is 6.02. The Kier molecular flexibility index (Phi) is 7.15. The van der Waals surface area contributed by atoms with Gasteiger partial charge in [-0.15, -0.1) is 10.2 Å². The number of aromatic nitrogens is 6. The van der Waals surface area contributed by atoms with Gasteiger partial charge in [0.2, 0.25) is 5.82 Å². The first-order valence-corrected chi connectivity index (χ1v) is 11.7. The highest BCUT2D eigenvalue weighted by atomic mass is 16.2. The van der Waals surface area contributed by atoms with Crippen LogP contribution in [0.1, 0.15) is 55.4 Å². The zero-order valence-corrected chi connectivity index (χ0v) is 19.9. The Morgan fingerprint density at radius 3 is 2.38 bits per heavy atom. The van der Waals surface area contributed by atoms with Crippen LogP contribution in [0.2, 0.25) is 0 Å². The number of benzene rings is 2.